The number of anilines is 1. The molecule has 13 heteroatoms. The first-order chi connectivity index (χ1) is 34.7. The molecule has 0 aliphatic rings. The molecular weight excluding hydrogens is 887 g/mol. The van der Waals surface area contributed by atoms with E-state index >= 15 is 0 Å². The van der Waals surface area contributed by atoms with Crippen LogP contribution in [0.3, 0.4) is 0 Å². The van der Waals surface area contributed by atoms with Gasteiger partial charge >= 0.3 is 5.97 Å². The first kappa shape index (κ1) is 55.3. The van der Waals surface area contributed by atoms with Crippen LogP contribution in [-0.4, -0.2) is 39.9 Å². The third-order valence-electron chi connectivity index (χ3n) is 12.6. The van der Waals surface area contributed by atoms with Gasteiger partial charge in [-0.2, -0.15) is 30.7 Å². The van der Waals surface area contributed by atoms with Crippen molar-refractivity contribution in [3.8, 4) is 11.5 Å². The minimum absolute atomic E-state index is 0.157. The van der Waals surface area contributed by atoms with Crippen LogP contribution in [0.5, 0.6) is 11.5 Å². The molecule has 0 unspecified atom stereocenters. The molecule has 0 N–H and O–H groups in total. The molecule has 5 rings (SSSR count). The van der Waals surface area contributed by atoms with Crippen LogP contribution < -0.4 is 14.4 Å². The highest BCUT2D eigenvalue weighted by molar-refractivity contribution is 5.75. The Morgan fingerprint density at radius 2 is 0.803 bits per heavy atom. The Labute approximate surface area is 423 Å². The average molecular weight is 964 g/mol. The van der Waals surface area contributed by atoms with Crippen molar-refractivity contribution in [3.05, 3.63) is 115 Å². The third-order valence-corrected chi connectivity index (χ3v) is 12.6. The minimum Gasteiger partial charge on any atom is -0.494 e. The van der Waals surface area contributed by atoms with Gasteiger partial charge in [0.2, 0.25) is 0 Å². The second-order valence-corrected chi connectivity index (χ2v) is 18.5. The zero-order chi connectivity index (χ0) is 50.4. The number of unbranched alkanes of at least 4 members (excludes halogenated alkanes) is 15. The van der Waals surface area contributed by atoms with Crippen LogP contribution in [0.1, 0.15) is 137 Å². The number of carbonyl (C=O) groups excluding carboxylic acids is 1. The molecular formula is C58H77N9O4. The molecule has 0 saturated carbocycles. The molecule has 0 saturated heterocycles. The number of benzene rings is 5. The molecule has 5 aromatic rings. The quantitative estimate of drug-likeness (QED) is 0.0233. The monoisotopic (exact) mass is 964 g/mol. The minimum atomic E-state index is -0.501. The molecule has 0 amide bonds. The van der Waals surface area contributed by atoms with Gasteiger partial charge in [0.1, 0.15) is 29.5 Å². The van der Waals surface area contributed by atoms with Crippen molar-refractivity contribution >= 4 is 57.2 Å². The molecule has 378 valence electrons. The predicted molar refractivity (Wildman–Crippen MR) is 289 cm³/mol. The summed E-state index contributed by atoms with van der Waals surface area (Å²) >= 11 is 0. The largest absolute Gasteiger partial charge is 0.494 e. The summed E-state index contributed by atoms with van der Waals surface area (Å²) in [5.41, 5.74) is 5.67. The molecule has 0 heterocycles. The van der Waals surface area contributed by atoms with Crippen molar-refractivity contribution in [2.45, 2.75) is 137 Å². The summed E-state index contributed by atoms with van der Waals surface area (Å²) in [5, 5.41) is 35.2. The average Bonchev–Trinajstić information content (AvgIpc) is 3.40. The molecule has 0 spiro atoms. The number of hydrogen-bond acceptors (Lipinski definition) is 13. The van der Waals surface area contributed by atoms with Crippen LogP contribution >= 0.6 is 0 Å². The lowest BCUT2D eigenvalue weighted by Gasteiger charge is -2.26. The van der Waals surface area contributed by atoms with E-state index in [1.165, 1.54) is 96.3 Å². The van der Waals surface area contributed by atoms with Gasteiger partial charge in [-0.25, -0.2) is 0 Å². The maximum Gasteiger partial charge on any atom is 0.311 e. The Morgan fingerprint density at radius 3 is 1.18 bits per heavy atom. The summed E-state index contributed by atoms with van der Waals surface area (Å²) in [6.45, 7) is 10.00. The smallest absolute Gasteiger partial charge is 0.311 e. The summed E-state index contributed by atoms with van der Waals surface area (Å²) in [5.74, 6) is 0.772. The van der Waals surface area contributed by atoms with E-state index in [4.69, 9.17) is 14.2 Å². The van der Waals surface area contributed by atoms with E-state index in [9.17, 15) is 4.79 Å². The fourth-order valence-corrected chi connectivity index (χ4v) is 7.68. The van der Waals surface area contributed by atoms with Gasteiger partial charge in [-0.15, -0.1) is 10.2 Å². The number of rotatable bonds is 33. The first-order valence-corrected chi connectivity index (χ1v) is 25.9. The van der Waals surface area contributed by atoms with Gasteiger partial charge in [-0.1, -0.05) is 128 Å². The third kappa shape index (κ3) is 20.3. The van der Waals surface area contributed by atoms with E-state index in [1.807, 2.05) is 112 Å². The van der Waals surface area contributed by atoms with Crippen LogP contribution in [0.4, 0.5) is 51.2 Å². The number of azo groups is 4. The van der Waals surface area contributed by atoms with Crippen LogP contribution in [-0.2, 0) is 9.53 Å². The molecule has 71 heavy (non-hydrogen) atoms. The van der Waals surface area contributed by atoms with Gasteiger partial charge in [0.05, 0.1) is 60.3 Å². The Morgan fingerprint density at radius 1 is 0.451 bits per heavy atom. The molecule has 13 nitrogen and oxygen atoms in total. The van der Waals surface area contributed by atoms with E-state index in [1.54, 1.807) is 26.4 Å². The summed E-state index contributed by atoms with van der Waals surface area (Å²) in [6, 6.07) is 35.7. The Hall–Kier alpha value is -6.63. The van der Waals surface area contributed by atoms with Gasteiger partial charge in [0, 0.05) is 24.4 Å². The van der Waals surface area contributed by atoms with Gasteiger partial charge in [0.25, 0.3) is 0 Å². The summed E-state index contributed by atoms with van der Waals surface area (Å²) in [7, 11) is 3.14. The number of hydrogen-bond donors (Lipinski definition) is 0. The molecule has 5 aromatic carbocycles. The van der Waals surface area contributed by atoms with Crippen molar-refractivity contribution in [3.63, 3.8) is 0 Å². The fraction of sp³-hybridized carbons (Fsp3) is 0.466. The van der Waals surface area contributed by atoms with Gasteiger partial charge in [0.15, 0.2) is 0 Å². The summed E-state index contributed by atoms with van der Waals surface area (Å²) < 4.78 is 17.1. The Kier molecular flexibility index (Phi) is 24.6. The summed E-state index contributed by atoms with van der Waals surface area (Å²) in [6.07, 6.45) is 22.1. The zero-order valence-corrected chi connectivity index (χ0v) is 43.3. The Bertz CT molecular complexity index is 2400. The highest BCUT2D eigenvalue weighted by Crippen LogP contribution is 2.41. The van der Waals surface area contributed by atoms with Crippen molar-refractivity contribution in [1.82, 2.24) is 0 Å². The first-order valence-electron chi connectivity index (χ1n) is 25.9. The van der Waals surface area contributed by atoms with Gasteiger partial charge in [-0.05, 0) is 112 Å². The molecule has 0 aliphatic heterocycles. The highest BCUT2D eigenvalue weighted by atomic mass is 16.5. The lowest BCUT2D eigenvalue weighted by molar-refractivity contribution is -0.153. The summed E-state index contributed by atoms with van der Waals surface area (Å²) in [4.78, 5) is 15.1. The molecule has 0 fully saturated rings. The predicted octanol–water partition coefficient (Wildman–Crippen LogP) is 19.4. The van der Waals surface area contributed by atoms with E-state index in [0.29, 0.717) is 58.8 Å². The van der Waals surface area contributed by atoms with Crippen LogP contribution in [0.2, 0.25) is 0 Å². The maximum absolute atomic E-state index is 12.8. The van der Waals surface area contributed by atoms with Crippen LogP contribution in [0.25, 0.3) is 0 Å². The van der Waals surface area contributed by atoms with E-state index in [-0.39, 0.29) is 5.97 Å². The van der Waals surface area contributed by atoms with Crippen LogP contribution in [0, 0.1) is 5.41 Å². The topological polar surface area (TPSA) is 147 Å². The molecule has 0 radical (unpaired) electrons. The van der Waals surface area contributed by atoms with Crippen molar-refractivity contribution in [1.29, 1.82) is 0 Å². The van der Waals surface area contributed by atoms with E-state index < -0.39 is 5.41 Å². The molecule has 0 aromatic heterocycles. The lowest BCUT2D eigenvalue weighted by Crippen LogP contribution is -2.32. The maximum atomic E-state index is 12.8. The van der Waals surface area contributed by atoms with Crippen LogP contribution in [0.15, 0.2) is 156 Å². The second kappa shape index (κ2) is 31.6. The van der Waals surface area contributed by atoms with Gasteiger partial charge in [-0.3, -0.25) is 4.79 Å². The van der Waals surface area contributed by atoms with Crippen molar-refractivity contribution in [2.24, 2.45) is 46.3 Å². The number of nitrogens with zero attached hydrogens (tertiary/aromatic N) is 9. The number of carbonyl (C=O) groups is 1. The van der Waals surface area contributed by atoms with E-state index in [2.05, 4.69) is 64.9 Å². The number of esters is 1. The normalized spacial score (nSPS) is 11.9. The van der Waals surface area contributed by atoms with E-state index in [0.717, 1.165) is 36.4 Å². The Balaban J connectivity index is 1.12. The van der Waals surface area contributed by atoms with Crippen molar-refractivity contribution < 1.29 is 19.0 Å². The second-order valence-electron chi connectivity index (χ2n) is 18.5. The number of ether oxygens (including phenoxy) is 3. The van der Waals surface area contributed by atoms with Gasteiger partial charge < -0.3 is 19.1 Å². The molecule has 0 aliphatic carbocycles. The number of methoxy groups -OCH3 is 2. The molecule has 0 bridgehead atoms. The fourth-order valence-electron chi connectivity index (χ4n) is 7.68. The van der Waals surface area contributed by atoms with Crippen molar-refractivity contribution in [2.75, 3.05) is 38.8 Å². The lowest BCUT2D eigenvalue weighted by atomic mass is 9.91. The SMILES string of the molecule is CCCCCCCCCCCCCCCCCCN(CCOC(=O)C(C)(C)CC)c1ccc(N=Nc2cc(OC)c(N=Nc3ccc(N=Nc4ccc(N=Nc5ccccc5)cc4)cc3)cc2OC)cc1. The molecule has 0 atom stereocenters. The standard InChI is InChI=1S/C58H77N9O4/c1-7-9-10-11-12-13-14-15-16-17-18-19-20-21-22-26-41-67(42-43-71-57(68)58(3,4)8-2)52-39-37-51(38-40-52)64-66-54-45-55(69-5)53(44-56(54)70-6)65-63-50-35-33-49(34-36-50)62-61-48-31-29-47(30-32-48)60-59-46-27-24-23-25-28-46/h23-25,27-40,44-45H,7-22,26,41-43H2,1-6H3. The highest BCUT2D eigenvalue weighted by Gasteiger charge is 2.27. The zero-order valence-electron chi connectivity index (χ0n) is 43.3.